The van der Waals surface area contributed by atoms with Gasteiger partial charge in [-0.3, -0.25) is 9.78 Å². The quantitative estimate of drug-likeness (QED) is 0.870. The molecule has 1 saturated heterocycles. The molecule has 1 aliphatic rings. The molecule has 116 valence electrons. The predicted molar refractivity (Wildman–Crippen MR) is 79.8 cm³/mol. The third-order valence-corrected chi connectivity index (χ3v) is 3.76. The smallest absolute Gasteiger partial charge is 0.257 e. The van der Waals surface area contributed by atoms with E-state index in [1.165, 1.54) is 0 Å². The molecule has 1 amide bonds. The van der Waals surface area contributed by atoms with Crippen LogP contribution in [-0.4, -0.2) is 40.0 Å². The van der Waals surface area contributed by atoms with Crippen LogP contribution < -0.4 is 4.74 Å². The molecular formula is C16H19N3O3. The number of aryl methyl sites for hydroxylation is 2. The number of carbonyl (C=O) groups is 1. The molecule has 0 radical (unpaired) electrons. The van der Waals surface area contributed by atoms with Gasteiger partial charge in [0, 0.05) is 18.9 Å². The minimum atomic E-state index is -0.0531. The lowest BCUT2D eigenvalue weighted by molar-refractivity contribution is 0.0525. The third-order valence-electron chi connectivity index (χ3n) is 3.76. The van der Waals surface area contributed by atoms with E-state index < -0.39 is 0 Å². The highest BCUT2D eigenvalue weighted by Gasteiger charge is 2.27. The van der Waals surface area contributed by atoms with Gasteiger partial charge in [0.15, 0.2) is 0 Å². The van der Waals surface area contributed by atoms with E-state index >= 15 is 0 Å². The van der Waals surface area contributed by atoms with Gasteiger partial charge in [-0.2, -0.15) is 0 Å². The summed E-state index contributed by atoms with van der Waals surface area (Å²) in [5.74, 6) is 1.92. The molecule has 0 N–H and O–H groups in total. The lowest BCUT2D eigenvalue weighted by atomic mass is 10.1. The van der Waals surface area contributed by atoms with Gasteiger partial charge in [0.1, 0.15) is 17.6 Å². The molecule has 3 heterocycles. The Kier molecular flexibility index (Phi) is 4.09. The Bertz CT molecular complexity index is 654. The van der Waals surface area contributed by atoms with E-state index in [2.05, 4.69) is 9.97 Å². The molecule has 0 saturated carbocycles. The monoisotopic (exact) mass is 301 g/mol. The molecule has 2 aromatic heterocycles. The Hall–Kier alpha value is -2.37. The van der Waals surface area contributed by atoms with Gasteiger partial charge >= 0.3 is 0 Å². The summed E-state index contributed by atoms with van der Waals surface area (Å²) >= 11 is 0. The van der Waals surface area contributed by atoms with Crippen LogP contribution in [0, 0.1) is 13.8 Å². The molecule has 1 atom stereocenters. The van der Waals surface area contributed by atoms with Crippen molar-refractivity contribution in [2.75, 3.05) is 13.1 Å². The minimum Gasteiger partial charge on any atom is -0.471 e. The van der Waals surface area contributed by atoms with Crippen LogP contribution in [-0.2, 0) is 0 Å². The first kappa shape index (κ1) is 14.6. The fourth-order valence-electron chi connectivity index (χ4n) is 2.75. The van der Waals surface area contributed by atoms with Crippen LogP contribution in [0.25, 0.3) is 0 Å². The summed E-state index contributed by atoms with van der Waals surface area (Å²) in [6.07, 6.45) is 6.55. The minimum absolute atomic E-state index is 0.00166. The van der Waals surface area contributed by atoms with E-state index in [-0.39, 0.29) is 12.0 Å². The number of rotatable bonds is 3. The number of ether oxygens (including phenoxy) is 1. The highest BCUT2D eigenvalue weighted by Crippen LogP contribution is 2.21. The number of likely N-dealkylation sites (tertiary alicyclic amines) is 1. The van der Waals surface area contributed by atoms with Crippen LogP contribution in [0.1, 0.15) is 34.7 Å². The van der Waals surface area contributed by atoms with Crippen LogP contribution in [0.5, 0.6) is 5.88 Å². The molecular weight excluding hydrogens is 282 g/mol. The van der Waals surface area contributed by atoms with Crippen molar-refractivity contribution >= 4 is 5.91 Å². The Morgan fingerprint density at radius 3 is 2.95 bits per heavy atom. The van der Waals surface area contributed by atoms with Crippen molar-refractivity contribution in [3.05, 3.63) is 41.7 Å². The number of piperidine rings is 1. The Labute approximate surface area is 129 Å². The van der Waals surface area contributed by atoms with E-state index in [4.69, 9.17) is 9.15 Å². The fraction of sp³-hybridized carbons (Fsp3) is 0.438. The standard InChI is InChI=1S/C16H19N3O3/c1-11-8-14(12(2)21-11)16(20)19-7-3-4-13(10-19)22-15-9-17-5-6-18-15/h5-6,8-9,13H,3-4,7,10H2,1-2H3/t13-/m0/s1. The summed E-state index contributed by atoms with van der Waals surface area (Å²) in [5.41, 5.74) is 0.637. The van der Waals surface area contributed by atoms with Gasteiger partial charge in [0.05, 0.1) is 18.3 Å². The first-order chi connectivity index (χ1) is 10.6. The number of carbonyl (C=O) groups excluding carboxylic acids is 1. The van der Waals surface area contributed by atoms with E-state index in [9.17, 15) is 4.79 Å². The van der Waals surface area contributed by atoms with E-state index in [0.717, 1.165) is 25.1 Å². The first-order valence-electron chi connectivity index (χ1n) is 7.42. The summed E-state index contributed by atoms with van der Waals surface area (Å²) in [6, 6.07) is 1.80. The van der Waals surface area contributed by atoms with Gasteiger partial charge in [-0.1, -0.05) is 0 Å². The zero-order chi connectivity index (χ0) is 15.5. The number of amides is 1. The van der Waals surface area contributed by atoms with Gasteiger partial charge in [-0.25, -0.2) is 4.98 Å². The number of aromatic nitrogens is 2. The molecule has 22 heavy (non-hydrogen) atoms. The first-order valence-corrected chi connectivity index (χ1v) is 7.42. The lowest BCUT2D eigenvalue weighted by Crippen LogP contribution is -2.44. The second-order valence-electron chi connectivity index (χ2n) is 5.50. The molecule has 0 unspecified atom stereocenters. The molecule has 1 fully saturated rings. The van der Waals surface area contributed by atoms with Crippen LogP contribution >= 0.6 is 0 Å². The van der Waals surface area contributed by atoms with Crippen molar-refractivity contribution in [3.63, 3.8) is 0 Å². The van der Waals surface area contributed by atoms with Crippen molar-refractivity contribution in [1.82, 2.24) is 14.9 Å². The van der Waals surface area contributed by atoms with Gasteiger partial charge in [-0.15, -0.1) is 0 Å². The predicted octanol–water partition coefficient (Wildman–Crippen LogP) is 2.37. The topological polar surface area (TPSA) is 68.5 Å². The van der Waals surface area contributed by atoms with Crippen LogP contribution in [0.2, 0.25) is 0 Å². The summed E-state index contributed by atoms with van der Waals surface area (Å²) < 4.78 is 11.3. The molecule has 6 heteroatoms. The van der Waals surface area contributed by atoms with Gasteiger partial charge in [0.25, 0.3) is 5.91 Å². The largest absolute Gasteiger partial charge is 0.471 e. The second kappa shape index (κ2) is 6.17. The average Bonchev–Trinajstić information content (AvgIpc) is 2.86. The normalized spacial score (nSPS) is 18.3. The van der Waals surface area contributed by atoms with Crippen molar-refractivity contribution in [1.29, 1.82) is 0 Å². The number of furan rings is 1. The highest BCUT2D eigenvalue weighted by molar-refractivity contribution is 5.95. The molecule has 6 nitrogen and oxygen atoms in total. The molecule has 0 spiro atoms. The van der Waals surface area contributed by atoms with Gasteiger partial charge in [0.2, 0.25) is 5.88 Å². The van der Waals surface area contributed by atoms with E-state index in [1.54, 1.807) is 24.7 Å². The maximum absolute atomic E-state index is 12.6. The van der Waals surface area contributed by atoms with Gasteiger partial charge in [-0.05, 0) is 32.8 Å². The highest BCUT2D eigenvalue weighted by atomic mass is 16.5. The van der Waals surface area contributed by atoms with Gasteiger partial charge < -0.3 is 14.1 Å². The Balaban J connectivity index is 1.68. The van der Waals surface area contributed by atoms with Crippen LogP contribution in [0.15, 0.2) is 29.1 Å². The number of hydrogen-bond acceptors (Lipinski definition) is 5. The molecule has 0 bridgehead atoms. The summed E-state index contributed by atoms with van der Waals surface area (Å²) in [7, 11) is 0. The van der Waals surface area contributed by atoms with Crippen molar-refractivity contribution < 1.29 is 13.9 Å². The maximum atomic E-state index is 12.6. The maximum Gasteiger partial charge on any atom is 0.257 e. The molecule has 0 aromatic carbocycles. The average molecular weight is 301 g/mol. The fourth-order valence-corrected chi connectivity index (χ4v) is 2.75. The molecule has 3 rings (SSSR count). The summed E-state index contributed by atoms with van der Waals surface area (Å²) in [5, 5.41) is 0. The van der Waals surface area contributed by atoms with Crippen molar-refractivity contribution in [2.24, 2.45) is 0 Å². The SMILES string of the molecule is Cc1cc(C(=O)N2CCC[C@H](Oc3cnccn3)C2)c(C)o1. The second-order valence-corrected chi connectivity index (χ2v) is 5.50. The summed E-state index contributed by atoms with van der Waals surface area (Å²) in [4.78, 5) is 22.5. The molecule has 1 aliphatic heterocycles. The van der Waals surface area contributed by atoms with Crippen molar-refractivity contribution in [3.8, 4) is 5.88 Å². The molecule has 0 aliphatic carbocycles. The van der Waals surface area contributed by atoms with Crippen LogP contribution in [0.4, 0.5) is 0 Å². The number of nitrogens with zero attached hydrogens (tertiary/aromatic N) is 3. The lowest BCUT2D eigenvalue weighted by Gasteiger charge is -2.32. The van der Waals surface area contributed by atoms with E-state index in [0.29, 0.717) is 23.7 Å². The Morgan fingerprint density at radius 2 is 2.27 bits per heavy atom. The van der Waals surface area contributed by atoms with Crippen molar-refractivity contribution in [2.45, 2.75) is 32.8 Å². The van der Waals surface area contributed by atoms with E-state index in [1.807, 2.05) is 18.7 Å². The zero-order valence-electron chi connectivity index (χ0n) is 12.8. The summed E-state index contributed by atoms with van der Waals surface area (Å²) in [6.45, 7) is 4.96. The number of hydrogen-bond donors (Lipinski definition) is 0. The van der Waals surface area contributed by atoms with Crippen LogP contribution in [0.3, 0.4) is 0 Å². The Morgan fingerprint density at radius 1 is 1.41 bits per heavy atom. The molecule has 2 aromatic rings. The third kappa shape index (κ3) is 3.10. The zero-order valence-corrected chi connectivity index (χ0v) is 12.8.